The van der Waals surface area contributed by atoms with E-state index in [0.717, 1.165) is 22.4 Å². The summed E-state index contributed by atoms with van der Waals surface area (Å²) < 4.78 is 10.9. The molecule has 0 aliphatic carbocycles. The van der Waals surface area contributed by atoms with E-state index >= 15 is 0 Å². The Hall–Kier alpha value is -1.84. The van der Waals surface area contributed by atoms with Gasteiger partial charge in [-0.15, -0.1) is 0 Å². The van der Waals surface area contributed by atoms with E-state index in [1.54, 1.807) is 7.11 Å². The monoisotopic (exact) mass is 286 g/mol. The molecule has 0 aromatic heterocycles. The second kappa shape index (κ2) is 7.25. The molecule has 2 aromatic carbocycles. The highest BCUT2D eigenvalue weighted by molar-refractivity contribution is 5.38. The first kappa shape index (κ1) is 15.5. The molecule has 0 fully saturated rings. The van der Waals surface area contributed by atoms with Gasteiger partial charge in [0.25, 0.3) is 0 Å². The minimum Gasteiger partial charge on any atom is -0.491 e. The van der Waals surface area contributed by atoms with Crippen molar-refractivity contribution in [2.45, 2.75) is 32.7 Å². The average Bonchev–Trinajstić information content (AvgIpc) is 2.47. The van der Waals surface area contributed by atoms with Crippen LogP contribution in [0.15, 0.2) is 48.5 Å². The van der Waals surface area contributed by atoms with Gasteiger partial charge in [0.15, 0.2) is 0 Å². The van der Waals surface area contributed by atoms with E-state index in [1.807, 2.05) is 62.4 Å². The number of aliphatic hydroxyl groups is 1. The standard InChI is InChI=1S/C18H22O3/c1-13(2)21-16-9-6-8-14(11-16)18(19)17-10-5-4-7-15(17)12-20-3/h4-11,13,18-19H,12H2,1-3H3. The van der Waals surface area contributed by atoms with E-state index in [2.05, 4.69) is 0 Å². The van der Waals surface area contributed by atoms with Crippen LogP contribution in [0, 0.1) is 0 Å². The number of hydrogen-bond acceptors (Lipinski definition) is 3. The Balaban J connectivity index is 2.29. The molecule has 0 spiro atoms. The van der Waals surface area contributed by atoms with E-state index < -0.39 is 6.10 Å². The molecule has 2 aromatic rings. The highest BCUT2D eigenvalue weighted by atomic mass is 16.5. The molecule has 0 amide bonds. The normalized spacial score (nSPS) is 12.4. The van der Waals surface area contributed by atoms with Gasteiger partial charge >= 0.3 is 0 Å². The van der Waals surface area contributed by atoms with Gasteiger partial charge < -0.3 is 14.6 Å². The van der Waals surface area contributed by atoms with Crippen LogP contribution in [0.2, 0.25) is 0 Å². The van der Waals surface area contributed by atoms with Gasteiger partial charge in [0.2, 0.25) is 0 Å². The molecule has 0 aliphatic rings. The number of benzene rings is 2. The van der Waals surface area contributed by atoms with Crippen molar-refractivity contribution >= 4 is 0 Å². The summed E-state index contributed by atoms with van der Waals surface area (Å²) in [5.41, 5.74) is 2.67. The fraction of sp³-hybridized carbons (Fsp3) is 0.333. The maximum absolute atomic E-state index is 10.6. The summed E-state index contributed by atoms with van der Waals surface area (Å²) >= 11 is 0. The summed E-state index contributed by atoms with van der Waals surface area (Å²) in [5, 5.41) is 10.6. The zero-order valence-electron chi connectivity index (χ0n) is 12.7. The lowest BCUT2D eigenvalue weighted by atomic mass is 9.97. The van der Waals surface area contributed by atoms with Crippen LogP contribution < -0.4 is 4.74 Å². The van der Waals surface area contributed by atoms with Crippen molar-refractivity contribution in [1.29, 1.82) is 0 Å². The van der Waals surface area contributed by atoms with Crippen molar-refractivity contribution < 1.29 is 14.6 Å². The van der Waals surface area contributed by atoms with Gasteiger partial charge in [-0.2, -0.15) is 0 Å². The van der Waals surface area contributed by atoms with Crippen molar-refractivity contribution in [2.75, 3.05) is 7.11 Å². The van der Waals surface area contributed by atoms with Crippen LogP contribution in [0.5, 0.6) is 5.75 Å². The van der Waals surface area contributed by atoms with Gasteiger partial charge in [-0.05, 0) is 42.7 Å². The summed E-state index contributed by atoms with van der Waals surface area (Å²) in [5.74, 6) is 0.769. The first-order valence-corrected chi connectivity index (χ1v) is 7.13. The molecule has 2 rings (SSSR count). The number of ether oxygens (including phenoxy) is 2. The fourth-order valence-electron chi connectivity index (χ4n) is 2.30. The maximum atomic E-state index is 10.6. The van der Waals surface area contributed by atoms with Crippen molar-refractivity contribution in [3.8, 4) is 5.75 Å². The molecule has 21 heavy (non-hydrogen) atoms. The van der Waals surface area contributed by atoms with Gasteiger partial charge in [0.05, 0.1) is 12.7 Å². The highest BCUT2D eigenvalue weighted by Crippen LogP contribution is 2.28. The molecule has 1 atom stereocenters. The molecule has 0 saturated carbocycles. The highest BCUT2D eigenvalue weighted by Gasteiger charge is 2.15. The van der Waals surface area contributed by atoms with Gasteiger partial charge in [0.1, 0.15) is 11.9 Å². The van der Waals surface area contributed by atoms with Crippen LogP contribution in [0.4, 0.5) is 0 Å². The number of aliphatic hydroxyl groups excluding tert-OH is 1. The number of rotatable bonds is 6. The third-order valence-corrected chi connectivity index (χ3v) is 3.20. The molecule has 112 valence electrons. The molecule has 1 N–H and O–H groups in total. The number of hydrogen-bond donors (Lipinski definition) is 1. The van der Waals surface area contributed by atoms with Crippen molar-refractivity contribution in [1.82, 2.24) is 0 Å². The van der Waals surface area contributed by atoms with Crippen molar-refractivity contribution in [2.24, 2.45) is 0 Å². The summed E-state index contributed by atoms with van der Waals surface area (Å²) in [4.78, 5) is 0. The van der Waals surface area contributed by atoms with E-state index in [0.29, 0.717) is 6.61 Å². The van der Waals surface area contributed by atoms with Crippen LogP contribution in [0.3, 0.4) is 0 Å². The van der Waals surface area contributed by atoms with E-state index in [4.69, 9.17) is 9.47 Å². The molecule has 3 heteroatoms. The van der Waals surface area contributed by atoms with Crippen LogP contribution in [0.25, 0.3) is 0 Å². The van der Waals surface area contributed by atoms with Crippen molar-refractivity contribution in [3.05, 3.63) is 65.2 Å². The molecule has 0 saturated heterocycles. The predicted molar refractivity (Wildman–Crippen MR) is 83.4 cm³/mol. The largest absolute Gasteiger partial charge is 0.491 e. The molecule has 0 radical (unpaired) electrons. The lowest BCUT2D eigenvalue weighted by Gasteiger charge is -2.17. The Morgan fingerprint density at radius 1 is 1.05 bits per heavy atom. The summed E-state index contributed by atoms with van der Waals surface area (Å²) in [6.45, 7) is 4.45. The Morgan fingerprint density at radius 3 is 2.52 bits per heavy atom. The fourth-order valence-corrected chi connectivity index (χ4v) is 2.30. The van der Waals surface area contributed by atoms with E-state index in [-0.39, 0.29) is 6.10 Å². The van der Waals surface area contributed by atoms with Crippen molar-refractivity contribution in [3.63, 3.8) is 0 Å². The van der Waals surface area contributed by atoms with E-state index in [9.17, 15) is 5.11 Å². The second-order valence-electron chi connectivity index (χ2n) is 5.27. The maximum Gasteiger partial charge on any atom is 0.120 e. The van der Waals surface area contributed by atoms with E-state index in [1.165, 1.54) is 0 Å². The number of methoxy groups -OCH3 is 1. The minimum absolute atomic E-state index is 0.109. The van der Waals surface area contributed by atoms with Gasteiger partial charge in [-0.25, -0.2) is 0 Å². The van der Waals surface area contributed by atoms with Crippen LogP contribution in [-0.4, -0.2) is 18.3 Å². The summed E-state index contributed by atoms with van der Waals surface area (Å²) in [7, 11) is 1.65. The SMILES string of the molecule is COCc1ccccc1C(O)c1cccc(OC(C)C)c1. The Bertz CT molecular complexity index is 578. The Labute approximate surface area is 126 Å². The zero-order chi connectivity index (χ0) is 15.2. The second-order valence-corrected chi connectivity index (χ2v) is 5.27. The predicted octanol–water partition coefficient (Wildman–Crippen LogP) is 3.70. The average molecular weight is 286 g/mol. The van der Waals surface area contributed by atoms with Gasteiger partial charge in [-0.3, -0.25) is 0 Å². The molecule has 0 bridgehead atoms. The van der Waals surface area contributed by atoms with Crippen LogP contribution >= 0.6 is 0 Å². The van der Waals surface area contributed by atoms with Gasteiger partial charge in [-0.1, -0.05) is 36.4 Å². The smallest absolute Gasteiger partial charge is 0.120 e. The molecule has 3 nitrogen and oxygen atoms in total. The summed E-state index contributed by atoms with van der Waals surface area (Å²) in [6.07, 6.45) is -0.578. The third-order valence-electron chi connectivity index (χ3n) is 3.20. The molecule has 0 heterocycles. The van der Waals surface area contributed by atoms with Gasteiger partial charge in [0, 0.05) is 7.11 Å². The molecule has 1 unspecified atom stereocenters. The first-order chi connectivity index (χ1) is 10.1. The summed E-state index contributed by atoms with van der Waals surface area (Å²) in [6, 6.07) is 15.3. The lowest BCUT2D eigenvalue weighted by molar-refractivity contribution is 0.176. The minimum atomic E-state index is -0.688. The van der Waals surface area contributed by atoms with Crippen LogP contribution in [0.1, 0.15) is 36.6 Å². The zero-order valence-corrected chi connectivity index (χ0v) is 12.7. The molecular weight excluding hydrogens is 264 g/mol. The third kappa shape index (κ3) is 4.06. The Morgan fingerprint density at radius 2 is 1.81 bits per heavy atom. The quantitative estimate of drug-likeness (QED) is 0.880. The topological polar surface area (TPSA) is 38.7 Å². The molecule has 0 aliphatic heterocycles. The molecular formula is C18H22O3. The first-order valence-electron chi connectivity index (χ1n) is 7.13. The lowest BCUT2D eigenvalue weighted by Crippen LogP contribution is -2.07. The Kier molecular flexibility index (Phi) is 5.37. The van der Waals surface area contributed by atoms with Crippen LogP contribution in [-0.2, 0) is 11.3 Å².